The normalized spacial score (nSPS) is 26.3. The molecule has 0 N–H and O–H groups in total. The molecule has 1 amide bonds. The third-order valence-electron chi connectivity index (χ3n) is 6.46. The maximum atomic E-state index is 12.2. The van der Waals surface area contributed by atoms with Gasteiger partial charge < -0.3 is 18.9 Å². The summed E-state index contributed by atoms with van der Waals surface area (Å²) in [5, 5.41) is 0. The lowest BCUT2D eigenvalue weighted by molar-refractivity contribution is 0.00578. The van der Waals surface area contributed by atoms with Gasteiger partial charge in [-0.05, 0) is 73.2 Å². The van der Waals surface area contributed by atoms with E-state index in [1.54, 1.807) is 0 Å². The summed E-state index contributed by atoms with van der Waals surface area (Å²) in [6, 6.07) is 0.523. The lowest BCUT2D eigenvalue weighted by atomic mass is 9.74. The minimum Gasteiger partial charge on any atom is -0.444 e. The highest BCUT2D eigenvalue weighted by Crippen LogP contribution is 2.39. The Balaban J connectivity index is 1.49. The molecule has 2 saturated heterocycles. The molecule has 0 saturated carbocycles. The van der Waals surface area contributed by atoms with Gasteiger partial charge in [0.2, 0.25) is 0 Å². The van der Waals surface area contributed by atoms with E-state index in [0.717, 1.165) is 45.4 Å². The Morgan fingerprint density at radius 1 is 1.11 bits per heavy atom. The summed E-state index contributed by atoms with van der Waals surface area (Å²) in [5.41, 5.74) is 0.255. The Kier molecular flexibility index (Phi) is 5.92. The minimum absolute atomic E-state index is 0.187. The van der Waals surface area contributed by atoms with Gasteiger partial charge in [0, 0.05) is 32.2 Å². The van der Waals surface area contributed by atoms with E-state index in [1.807, 2.05) is 25.7 Å². The maximum Gasteiger partial charge on any atom is 0.490 e. The highest BCUT2D eigenvalue weighted by molar-refractivity contribution is 6.54. The van der Waals surface area contributed by atoms with Crippen molar-refractivity contribution in [3.8, 4) is 0 Å². The van der Waals surface area contributed by atoms with Crippen molar-refractivity contribution in [2.24, 2.45) is 0 Å². The molecule has 3 aliphatic heterocycles. The zero-order valence-electron chi connectivity index (χ0n) is 18.7. The molecule has 0 aromatic rings. The van der Waals surface area contributed by atoms with Crippen LogP contribution in [0.1, 0.15) is 67.7 Å². The van der Waals surface area contributed by atoms with Crippen molar-refractivity contribution < 1.29 is 18.8 Å². The number of nitrogens with zero attached hydrogens (tertiary/aromatic N) is 2. The van der Waals surface area contributed by atoms with Crippen molar-refractivity contribution in [1.82, 2.24) is 9.80 Å². The predicted molar refractivity (Wildman–Crippen MR) is 111 cm³/mol. The summed E-state index contributed by atoms with van der Waals surface area (Å²) in [6.45, 7) is 17.6. The van der Waals surface area contributed by atoms with Gasteiger partial charge in [0.05, 0.1) is 11.2 Å². The monoisotopic (exact) mass is 392 g/mol. The number of hydrogen-bond acceptors (Lipinski definition) is 5. The van der Waals surface area contributed by atoms with Gasteiger partial charge >= 0.3 is 13.2 Å². The van der Waals surface area contributed by atoms with Crippen LogP contribution in [0.15, 0.2) is 11.5 Å². The van der Waals surface area contributed by atoms with Crippen LogP contribution in [0, 0.1) is 0 Å². The fourth-order valence-electron chi connectivity index (χ4n) is 3.98. The van der Waals surface area contributed by atoms with Crippen LogP contribution in [0.25, 0.3) is 0 Å². The topological polar surface area (TPSA) is 51.2 Å². The van der Waals surface area contributed by atoms with Crippen LogP contribution in [-0.2, 0) is 14.0 Å². The van der Waals surface area contributed by atoms with Crippen LogP contribution in [0.4, 0.5) is 4.79 Å². The molecule has 0 bridgehead atoms. The summed E-state index contributed by atoms with van der Waals surface area (Å²) in [4.78, 5) is 16.6. The van der Waals surface area contributed by atoms with Crippen LogP contribution in [0.2, 0.25) is 0 Å². The van der Waals surface area contributed by atoms with E-state index >= 15 is 0 Å². The second-order valence-electron chi connectivity index (χ2n) is 10.3. The van der Waals surface area contributed by atoms with Gasteiger partial charge in [0.25, 0.3) is 0 Å². The molecule has 0 radical (unpaired) electrons. The molecular formula is C21H37BN2O4. The number of piperidine rings is 1. The van der Waals surface area contributed by atoms with Gasteiger partial charge in [0.1, 0.15) is 5.60 Å². The Morgan fingerprint density at radius 3 is 2.14 bits per heavy atom. The average Bonchev–Trinajstić information content (AvgIpc) is 2.81. The molecular weight excluding hydrogens is 355 g/mol. The molecule has 0 spiro atoms. The van der Waals surface area contributed by atoms with Gasteiger partial charge in [-0.25, -0.2) is 4.79 Å². The Hall–Kier alpha value is -1.05. The van der Waals surface area contributed by atoms with Gasteiger partial charge in [-0.15, -0.1) is 0 Å². The molecule has 7 heteroatoms. The smallest absolute Gasteiger partial charge is 0.444 e. The number of hydrogen-bond donors (Lipinski definition) is 0. The molecule has 0 unspecified atom stereocenters. The molecule has 3 aliphatic rings. The first-order valence-corrected chi connectivity index (χ1v) is 10.6. The fourth-order valence-corrected chi connectivity index (χ4v) is 3.98. The Labute approximate surface area is 170 Å². The van der Waals surface area contributed by atoms with E-state index in [2.05, 4.69) is 38.7 Å². The van der Waals surface area contributed by atoms with Gasteiger partial charge in [-0.3, -0.25) is 4.90 Å². The molecule has 0 aliphatic carbocycles. The van der Waals surface area contributed by atoms with Crippen LogP contribution in [-0.4, -0.2) is 72.0 Å². The zero-order chi connectivity index (χ0) is 20.7. The highest BCUT2D eigenvalue weighted by Gasteiger charge is 2.52. The predicted octanol–water partition coefficient (Wildman–Crippen LogP) is 3.65. The highest BCUT2D eigenvalue weighted by atomic mass is 16.7. The average molecular weight is 392 g/mol. The van der Waals surface area contributed by atoms with Crippen molar-refractivity contribution in [1.29, 1.82) is 0 Å². The number of ether oxygens (including phenoxy) is 1. The maximum absolute atomic E-state index is 12.2. The van der Waals surface area contributed by atoms with Crippen LogP contribution >= 0.6 is 0 Å². The lowest BCUT2D eigenvalue weighted by Crippen LogP contribution is -2.49. The van der Waals surface area contributed by atoms with Crippen LogP contribution in [0.3, 0.4) is 0 Å². The van der Waals surface area contributed by atoms with Crippen molar-refractivity contribution in [3.05, 3.63) is 11.5 Å². The number of rotatable bonds is 2. The van der Waals surface area contributed by atoms with E-state index < -0.39 is 5.60 Å². The van der Waals surface area contributed by atoms with E-state index in [0.29, 0.717) is 6.04 Å². The van der Waals surface area contributed by atoms with Crippen LogP contribution < -0.4 is 0 Å². The van der Waals surface area contributed by atoms with E-state index in [9.17, 15) is 4.79 Å². The van der Waals surface area contributed by atoms with E-state index in [1.165, 1.54) is 5.47 Å². The third-order valence-corrected chi connectivity index (χ3v) is 6.46. The number of amides is 1. The minimum atomic E-state index is -0.435. The van der Waals surface area contributed by atoms with Gasteiger partial charge in [-0.2, -0.15) is 0 Å². The fraction of sp³-hybridized carbons (Fsp3) is 0.857. The summed E-state index contributed by atoms with van der Waals surface area (Å²) < 4.78 is 17.9. The first kappa shape index (κ1) is 21.7. The second-order valence-corrected chi connectivity index (χ2v) is 10.3. The summed E-state index contributed by atoms with van der Waals surface area (Å²) in [6.07, 6.45) is 5.07. The van der Waals surface area contributed by atoms with Crippen molar-refractivity contribution >= 4 is 13.2 Å². The number of carbonyl (C=O) groups excluding carboxylic acids is 1. The Bertz CT molecular complexity index is 602. The molecule has 3 rings (SSSR count). The molecule has 0 aromatic carbocycles. The zero-order valence-corrected chi connectivity index (χ0v) is 18.7. The standard InChI is InChI=1S/C21H37BN2O4/c1-19(2,3)26-18(25)24-14-10-17(11-15-24)23-12-8-16(9-13-23)22-27-20(4,5)21(6,7)28-22/h8,17H,9-15H2,1-7H3. The number of likely N-dealkylation sites (tertiary alicyclic amines) is 1. The summed E-state index contributed by atoms with van der Waals surface area (Å²) >= 11 is 0. The first-order chi connectivity index (χ1) is 12.9. The molecule has 0 atom stereocenters. The number of carbonyl (C=O) groups is 1. The lowest BCUT2D eigenvalue weighted by Gasteiger charge is -2.40. The molecule has 0 aromatic heterocycles. The van der Waals surface area contributed by atoms with Crippen molar-refractivity contribution in [2.75, 3.05) is 26.2 Å². The second kappa shape index (κ2) is 7.65. The Morgan fingerprint density at radius 2 is 1.68 bits per heavy atom. The largest absolute Gasteiger partial charge is 0.490 e. The van der Waals surface area contributed by atoms with Gasteiger partial charge in [0.15, 0.2) is 0 Å². The first-order valence-electron chi connectivity index (χ1n) is 10.6. The van der Waals surface area contributed by atoms with Crippen molar-refractivity contribution in [2.45, 2.75) is 90.6 Å². The van der Waals surface area contributed by atoms with Crippen molar-refractivity contribution in [3.63, 3.8) is 0 Å². The van der Waals surface area contributed by atoms with E-state index in [-0.39, 0.29) is 24.4 Å². The molecule has 2 fully saturated rings. The summed E-state index contributed by atoms with van der Waals surface area (Å²) in [7, 11) is -0.221. The summed E-state index contributed by atoms with van der Waals surface area (Å²) in [5.74, 6) is 0. The van der Waals surface area contributed by atoms with Gasteiger partial charge in [-0.1, -0.05) is 6.08 Å². The molecule has 3 heterocycles. The molecule has 158 valence electrons. The van der Waals surface area contributed by atoms with E-state index in [4.69, 9.17) is 14.0 Å². The SMILES string of the molecule is CC(C)(C)OC(=O)N1CCC(N2CC=C(B3OC(C)(C)C(C)(C)O3)CC2)CC1. The third kappa shape index (κ3) is 4.74. The van der Waals surface area contributed by atoms with Crippen LogP contribution in [0.5, 0.6) is 0 Å². The molecule has 6 nitrogen and oxygen atoms in total. The quantitative estimate of drug-likeness (QED) is 0.672. The molecule has 28 heavy (non-hydrogen) atoms.